The molecule has 3 rings (SSSR count). The second kappa shape index (κ2) is 8.89. The third-order valence-corrected chi connectivity index (χ3v) is 5.74. The van der Waals surface area contributed by atoms with E-state index in [0.717, 1.165) is 15.8 Å². The summed E-state index contributed by atoms with van der Waals surface area (Å²) in [5.74, 6) is 0.968. The van der Waals surface area contributed by atoms with Gasteiger partial charge in [0.1, 0.15) is 12.4 Å². The van der Waals surface area contributed by atoms with Gasteiger partial charge in [-0.15, -0.1) is 0 Å². The van der Waals surface area contributed by atoms with E-state index in [0.29, 0.717) is 39.2 Å². The number of carbonyl (C=O) groups excluding carboxylic acids is 1. The summed E-state index contributed by atoms with van der Waals surface area (Å²) in [5.41, 5.74) is 1.74. The van der Waals surface area contributed by atoms with Crippen LogP contribution in [-0.2, 0) is 14.9 Å². The van der Waals surface area contributed by atoms with E-state index in [-0.39, 0.29) is 5.91 Å². The molecule has 27 heavy (non-hydrogen) atoms. The molecular formula is C22H26BrNO3. The van der Waals surface area contributed by atoms with E-state index in [4.69, 9.17) is 9.47 Å². The molecule has 2 aromatic carbocycles. The number of aryl methyl sites for hydroxylation is 1. The van der Waals surface area contributed by atoms with E-state index >= 15 is 0 Å². The molecule has 1 aliphatic heterocycles. The zero-order chi connectivity index (χ0) is 19.3. The number of carbonyl (C=O) groups is 1. The van der Waals surface area contributed by atoms with Crippen LogP contribution in [0, 0.1) is 6.92 Å². The smallest absolute Gasteiger partial charge is 0.233 e. The van der Waals surface area contributed by atoms with Crippen molar-refractivity contribution >= 4 is 21.8 Å². The molecule has 0 aliphatic carbocycles. The van der Waals surface area contributed by atoms with Crippen LogP contribution < -0.4 is 4.74 Å². The maximum Gasteiger partial charge on any atom is 0.233 e. The average Bonchev–Trinajstić information content (AvgIpc) is 2.70. The first-order valence-electron chi connectivity index (χ1n) is 9.30. The molecule has 1 saturated heterocycles. The maximum absolute atomic E-state index is 13.4. The highest BCUT2D eigenvalue weighted by molar-refractivity contribution is 9.10. The molecule has 144 valence electrons. The minimum atomic E-state index is -0.516. The lowest BCUT2D eigenvalue weighted by atomic mass is 9.73. The van der Waals surface area contributed by atoms with Crippen molar-refractivity contribution < 1.29 is 14.3 Å². The van der Waals surface area contributed by atoms with Crippen LogP contribution in [0.5, 0.6) is 5.75 Å². The van der Waals surface area contributed by atoms with Crippen molar-refractivity contribution in [2.75, 3.05) is 33.4 Å². The number of likely N-dealkylation sites (N-methyl/N-ethyl adjacent to an activating group) is 1. The topological polar surface area (TPSA) is 38.8 Å². The summed E-state index contributed by atoms with van der Waals surface area (Å²) in [6.07, 6.45) is 1.41. The number of ether oxygens (including phenoxy) is 2. The summed E-state index contributed by atoms with van der Waals surface area (Å²) in [7, 11) is 1.86. The molecule has 1 fully saturated rings. The molecule has 0 bridgehead atoms. The van der Waals surface area contributed by atoms with Gasteiger partial charge in [-0.25, -0.2) is 0 Å². The highest BCUT2D eigenvalue weighted by Crippen LogP contribution is 2.37. The van der Waals surface area contributed by atoms with E-state index in [2.05, 4.69) is 15.9 Å². The number of nitrogens with zero attached hydrogens (tertiary/aromatic N) is 1. The van der Waals surface area contributed by atoms with Crippen LogP contribution in [0.15, 0.2) is 53.0 Å². The summed E-state index contributed by atoms with van der Waals surface area (Å²) >= 11 is 3.48. The zero-order valence-corrected chi connectivity index (χ0v) is 17.5. The molecule has 0 aromatic heterocycles. The van der Waals surface area contributed by atoms with Crippen molar-refractivity contribution in [3.63, 3.8) is 0 Å². The van der Waals surface area contributed by atoms with Gasteiger partial charge in [-0.05, 0) is 49.6 Å². The number of amides is 1. The first-order chi connectivity index (χ1) is 13.0. The lowest BCUT2D eigenvalue weighted by Gasteiger charge is -2.39. The lowest BCUT2D eigenvalue weighted by molar-refractivity contribution is -0.140. The summed E-state index contributed by atoms with van der Waals surface area (Å²) in [4.78, 5) is 15.2. The second-order valence-electron chi connectivity index (χ2n) is 7.09. The molecule has 0 unspecified atom stereocenters. The normalized spacial score (nSPS) is 16.0. The maximum atomic E-state index is 13.4. The van der Waals surface area contributed by atoms with Crippen LogP contribution >= 0.6 is 15.9 Å². The molecule has 1 amide bonds. The molecule has 0 spiro atoms. The van der Waals surface area contributed by atoms with Gasteiger partial charge in [0.15, 0.2) is 0 Å². The van der Waals surface area contributed by atoms with Crippen molar-refractivity contribution in [1.29, 1.82) is 0 Å². The predicted molar refractivity (Wildman–Crippen MR) is 110 cm³/mol. The fourth-order valence-corrected chi connectivity index (χ4v) is 3.78. The highest BCUT2D eigenvalue weighted by Gasteiger charge is 2.43. The summed E-state index contributed by atoms with van der Waals surface area (Å²) < 4.78 is 12.4. The van der Waals surface area contributed by atoms with Gasteiger partial charge in [0.25, 0.3) is 0 Å². The average molecular weight is 432 g/mol. The molecule has 0 saturated carbocycles. The van der Waals surface area contributed by atoms with Crippen molar-refractivity contribution in [3.05, 3.63) is 64.1 Å². The van der Waals surface area contributed by atoms with Crippen LogP contribution in [0.4, 0.5) is 0 Å². The molecule has 2 aromatic rings. The van der Waals surface area contributed by atoms with Gasteiger partial charge in [-0.3, -0.25) is 4.79 Å². The van der Waals surface area contributed by atoms with Gasteiger partial charge in [-0.2, -0.15) is 0 Å². The van der Waals surface area contributed by atoms with Gasteiger partial charge < -0.3 is 14.4 Å². The minimum Gasteiger partial charge on any atom is -0.492 e. The third-order valence-electron chi connectivity index (χ3n) is 5.22. The Hall–Kier alpha value is -1.85. The number of hydrogen-bond donors (Lipinski definition) is 0. The summed E-state index contributed by atoms with van der Waals surface area (Å²) in [5, 5.41) is 0. The first-order valence-corrected chi connectivity index (χ1v) is 10.1. The second-order valence-corrected chi connectivity index (χ2v) is 8.01. The molecule has 4 nitrogen and oxygen atoms in total. The Balaban J connectivity index is 1.67. The predicted octanol–water partition coefficient (Wildman–Crippen LogP) is 4.34. The van der Waals surface area contributed by atoms with Gasteiger partial charge in [0, 0.05) is 24.7 Å². The Morgan fingerprint density at radius 1 is 1.11 bits per heavy atom. The van der Waals surface area contributed by atoms with Crippen molar-refractivity contribution in [2.24, 2.45) is 0 Å². The number of rotatable bonds is 6. The number of hydrogen-bond acceptors (Lipinski definition) is 3. The summed E-state index contributed by atoms with van der Waals surface area (Å²) in [6.45, 7) is 4.28. The largest absolute Gasteiger partial charge is 0.492 e. The van der Waals surface area contributed by atoms with Crippen molar-refractivity contribution in [1.82, 2.24) is 4.90 Å². The molecule has 1 heterocycles. The van der Waals surface area contributed by atoms with Gasteiger partial charge in [0.2, 0.25) is 5.91 Å². The first kappa shape index (κ1) is 19.9. The third kappa shape index (κ3) is 4.71. The fraction of sp³-hybridized carbons (Fsp3) is 0.409. The van der Waals surface area contributed by atoms with E-state index in [9.17, 15) is 4.79 Å². The van der Waals surface area contributed by atoms with E-state index in [1.807, 2.05) is 62.5 Å². The van der Waals surface area contributed by atoms with Crippen LogP contribution in [0.1, 0.15) is 24.0 Å². The molecule has 1 aliphatic rings. The Labute approximate surface area is 169 Å². The summed E-state index contributed by atoms with van der Waals surface area (Å²) in [6, 6.07) is 16.1. The van der Waals surface area contributed by atoms with E-state index < -0.39 is 5.41 Å². The van der Waals surface area contributed by atoms with E-state index in [1.54, 1.807) is 4.90 Å². The Morgan fingerprint density at radius 2 is 1.74 bits per heavy atom. The van der Waals surface area contributed by atoms with Crippen LogP contribution in [-0.4, -0.2) is 44.2 Å². The van der Waals surface area contributed by atoms with E-state index in [1.165, 1.54) is 5.56 Å². The molecular weight excluding hydrogens is 406 g/mol. The van der Waals surface area contributed by atoms with Gasteiger partial charge in [-0.1, -0.05) is 45.8 Å². The Morgan fingerprint density at radius 3 is 2.37 bits per heavy atom. The Bertz CT molecular complexity index is 752. The monoisotopic (exact) mass is 431 g/mol. The highest BCUT2D eigenvalue weighted by atomic mass is 79.9. The fourth-order valence-electron chi connectivity index (χ4n) is 3.52. The van der Waals surface area contributed by atoms with Crippen molar-refractivity contribution in [3.8, 4) is 5.75 Å². The molecule has 5 heteroatoms. The SMILES string of the molecule is Cc1ccc(OCCN(C)C(=O)C2(c3ccc(Br)cc3)CCOCC2)cc1. The molecule has 0 radical (unpaired) electrons. The van der Waals surface area contributed by atoms with Crippen LogP contribution in [0.25, 0.3) is 0 Å². The van der Waals surface area contributed by atoms with Gasteiger partial charge in [0.05, 0.1) is 12.0 Å². The number of halogens is 1. The van der Waals surface area contributed by atoms with Crippen molar-refractivity contribution in [2.45, 2.75) is 25.2 Å². The molecule has 0 atom stereocenters. The standard InChI is InChI=1S/C22H26BrNO3/c1-17-3-9-20(10-4-17)27-16-13-24(2)21(25)22(11-14-26-15-12-22)18-5-7-19(23)8-6-18/h3-10H,11-16H2,1-2H3. The van der Waals surface area contributed by atoms with Crippen LogP contribution in [0.3, 0.4) is 0 Å². The zero-order valence-electron chi connectivity index (χ0n) is 15.9. The van der Waals surface area contributed by atoms with Crippen LogP contribution in [0.2, 0.25) is 0 Å². The van der Waals surface area contributed by atoms with Gasteiger partial charge >= 0.3 is 0 Å². The minimum absolute atomic E-state index is 0.139. The molecule has 0 N–H and O–H groups in total. The lowest BCUT2D eigenvalue weighted by Crippen LogP contribution is -2.49. The number of benzene rings is 2. The quantitative estimate of drug-likeness (QED) is 0.682. The Kier molecular flexibility index (Phi) is 6.55.